The fourth-order valence-electron chi connectivity index (χ4n) is 0.584. The molecule has 0 nitrogen and oxygen atoms in total. The van der Waals surface area contributed by atoms with Gasteiger partial charge in [-0.1, -0.05) is 12.2 Å². The summed E-state index contributed by atoms with van der Waals surface area (Å²) in [5.41, 5.74) is 0. The van der Waals surface area contributed by atoms with Crippen molar-refractivity contribution >= 4 is 0 Å². The van der Waals surface area contributed by atoms with Crippen molar-refractivity contribution in [1.29, 1.82) is 0 Å². The Bertz CT molecular complexity index is 401. The molecule has 4 heteroatoms. The molecule has 0 aliphatic rings. The second kappa shape index (κ2) is 9.36. The fourth-order valence-corrected chi connectivity index (χ4v) is 0.584. The molecule has 0 rings (SSSR count). The van der Waals surface area contributed by atoms with Crippen molar-refractivity contribution < 1.29 is 17.6 Å². The van der Waals surface area contributed by atoms with Gasteiger partial charge in [-0.15, -0.1) is 8.78 Å². The van der Waals surface area contributed by atoms with E-state index in [1.807, 2.05) is 11.8 Å². The molecule has 0 aromatic carbocycles. The first kappa shape index (κ1) is 13.8. The predicted molar refractivity (Wildman–Crippen MR) is 54.4 cm³/mol. The lowest BCUT2D eigenvalue weighted by molar-refractivity contribution is 0.545. The van der Waals surface area contributed by atoms with Gasteiger partial charge in [-0.05, 0) is 36.1 Å². The molecule has 0 radical (unpaired) electrons. The zero-order valence-electron chi connectivity index (χ0n) is 7.98. The summed E-state index contributed by atoms with van der Waals surface area (Å²) in [6, 6.07) is 0. The lowest BCUT2D eigenvalue weighted by atomic mass is 10.3. The summed E-state index contributed by atoms with van der Waals surface area (Å²) in [7, 11) is 0. The number of hydrogen-bond donors (Lipinski definition) is 0. The molecule has 0 spiro atoms. The van der Waals surface area contributed by atoms with Gasteiger partial charge in [0.15, 0.2) is 11.7 Å². The van der Waals surface area contributed by atoms with Crippen molar-refractivity contribution in [2.75, 3.05) is 0 Å². The molecular weight excluding hydrogens is 220 g/mol. The van der Waals surface area contributed by atoms with E-state index >= 15 is 0 Å². The van der Waals surface area contributed by atoms with E-state index in [2.05, 4.69) is 0 Å². The minimum absolute atomic E-state index is 0.769. The Morgan fingerprint density at radius 1 is 0.750 bits per heavy atom. The molecule has 0 saturated carbocycles. The van der Waals surface area contributed by atoms with Crippen LogP contribution in [-0.2, 0) is 0 Å². The van der Waals surface area contributed by atoms with Crippen LogP contribution in [0.25, 0.3) is 0 Å². The van der Waals surface area contributed by atoms with Crippen LogP contribution in [0, 0.1) is 24.2 Å². The molecular formula is C12H6F4. The summed E-state index contributed by atoms with van der Waals surface area (Å²) in [5.74, 6) is 1.44. The van der Waals surface area contributed by atoms with E-state index < -0.39 is 11.7 Å². The lowest BCUT2D eigenvalue weighted by Gasteiger charge is -1.87. The first-order valence-corrected chi connectivity index (χ1v) is 3.99. The van der Waals surface area contributed by atoms with Crippen LogP contribution in [0.4, 0.5) is 17.6 Å². The Labute approximate surface area is 90.7 Å². The summed E-state index contributed by atoms with van der Waals surface area (Å²) >= 11 is 0. The smallest absolute Gasteiger partial charge is 0.158 e. The van der Waals surface area contributed by atoms with Crippen LogP contribution < -0.4 is 0 Å². The van der Waals surface area contributed by atoms with Crippen molar-refractivity contribution in [3.05, 3.63) is 48.1 Å². The van der Waals surface area contributed by atoms with Gasteiger partial charge in [0.05, 0.1) is 0 Å². The summed E-state index contributed by atoms with van der Waals surface area (Å²) in [5, 5.41) is 0. The van der Waals surface area contributed by atoms with E-state index in [0.717, 1.165) is 48.8 Å². The third kappa shape index (κ3) is 7.23. The number of allylic oxidation sites excluding steroid dienone is 8. The zero-order chi connectivity index (χ0) is 12.2. The van der Waals surface area contributed by atoms with E-state index in [0.29, 0.717) is 0 Å². The summed E-state index contributed by atoms with van der Waals surface area (Å²) in [4.78, 5) is 0. The monoisotopic (exact) mass is 226 g/mol. The number of rotatable bonds is 3. The van der Waals surface area contributed by atoms with Crippen molar-refractivity contribution in [2.24, 2.45) is 0 Å². The quantitative estimate of drug-likeness (QED) is 0.391. The second-order valence-electron chi connectivity index (χ2n) is 2.23. The topological polar surface area (TPSA) is 0 Å². The Balaban J connectivity index is 4.49. The lowest BCUT2D eigenvalue weighted by Crippen LogP contribution is -1.73. The molecule has 0 fully saturated rings. The van der Waals surface area contributed by atoms with Gasteiger partial charge in [0.1, 0.15) is 12.3 Å². The van der Waals surface area contributed by atoms with Gasteiger partial charge in [-0.2, -0.15) is 0 Å². The van der Waals surface area contributed by atoms with Gasteiger partial charge in [-0.3, -0.25) is 0 Å². The molecule has 0 aliphatic heterocycles. The van der Waals surface area contributed by atoms with E-state index in [9.17, 15) is 17.6 Å². The number of hydrogen-bond acceptors (Lipinski definition) is 0. The Hall–Kier alpha value is -2.20. The molecule has 0 unspecified atom stereocenters. The zero-order valence-corrected chi connectivity index (χ0v) is 7.98. The molecule has 0 aromatic rings. The van der Waals surface area contributed by atoms with Gasteiger partial charge < -0.3 is 0 Å². The third-order valence-corrected chi connectivity index (χ3v) is 1.18. The normalized spacial score (nSPS) is 12.2. The average Bonchev–Trinajstić information content (AvgIpc) is 2.29. The molecule has 0 bridgehead atoms. The highest BCUT2D eigenvalue weighted by Crippen LogP contribution is 2.12. The minimum Gasteiger partial charge on any atom is -0.204 e. The number of halogens is 4. The van der Waals surface area contributed by atoms with Gasteiger partial charge in [0, 0.05) is 0 Å². The van der Waals surface area contributed by atoms with Crippen molar-refractivity contribution in [3.8, 4) is 24.2 Å². The van der Waals surface area contributed by atoms with E-state index in [1.165, 1.54) is 0 Å². The highest BCUT2D eigenvalue weighted by atomic mass is 19.2. The van der Waals surface area contributed by atoms with E-state index in [4.69, 9.17) is 0 Å². The summed E-state index contributed by atoms with van der Waals surface area (Å²) in [6.07, 6.45) is 7.76. The molecule has 0 N–H and O–H groups in total. The molecule has 0 aliphatic carbocycles. The molecule has 0 saturated heterocycles. The molecule has 0 aromatic heterocycles. The van der Waals surface area contributed by atoms with Gasteiger partial charge in [0.25, 0.3) is 0 Å². The van der Waals surface area contributed by atoms with Crippen LogP contribution in [0.2, 0.25) is 0 Å². The van der Waals surface area contributed by atoms with Crippen LogP contribution in [0.1, 0.15) is 0 Å². The van der Waals surface area contributed by atoms with Gasteiger partial charge in [0.2, 0.25) is 0 Å². The van der Waals surface area contributed by atoms with E-state index in [1.54, 1.807) is 0 Å². The highest BCUT2D eigenvalue weighted by molar-refractivity contribution is 5.29. The standard InChI is InChI=1S/C12H6F4/c13-9-5-1-3-7-11(15)12(16)8-4-2-6-10-14/h1-4,7-8H/b3-1-,4-2-,11-7+,12-8+. The predicted octanol–water partition coefficient (Wildman–Crippen LogP) is 3.67. The highest BCUT2D eigenvalue weighted by Gasteiger charge is 1.98. The first-order valence-electron chi connectivity index (χ1n) is 3.99. The van der Waals surface area contributed by atoms with Gasteiger partial charge >= 0.3 is 0 Å². The van der Waals surface area contributed by atoms with Crippen LogP contribution in [-0.4, -0.2) is 0 Å². The Morgan fingerprint density at radius 2 is 1.12 bits per heavy atom. The maximum Gasteiger partial charge on any atom is 0.158 e. The van der Waals surface area contributed by atoms with E-state index in [-0.39, 0.29) is 0 Å². The largest absolute Gasteiger partial charge is 0.204 e. The fraction of sp³-hybridized carbons (Fsp3) is 0. The van der Waals surface area contributed by atoms with Crippen LogP contribution in [0.15, 0.2) is 48.1 Å². The van der Waals surface area contributed by atoms with Crippen molar-refractivity contribution in [3.63, 3.8) is 0 Å². The molecule has 0 heterocycles. The Kier molecular flexibility index (Phi) is 8.07. The van der Waals surface area contributed by atoms with Crippen LogP contribution in [0.5, 0.6) is 0 Å². The maximum absolute atomic E-state index is 12.8. The molecule has 0 atom stereocenters. The molecule has 0 amide bonds. The molecule has 82 valence electrons. The Morgan fingerprint density at radius 3 is 1.44 bits per heavy atom. The average molecular weight is 226 g/mol. The molecule has 16 heavy (non-hydrogen) atoms. The second-order valence-corrected chi connectivity index (χ2v) is 2.23. The first-order chi connectivity index (χ1) is 7.72. The minimum atomic E-state index is -1.16. The summed E-state index contributed by atoms with van der Waals surface area (Å²) in [6.45, 7) is 0. The van der Waals surface area contributed by atoms with Crippen molar-refractivity contribution in [1.82, 2.24) is 0 Å². The SMILES string of the molecule is FC#C\C=C/C=C(F)\C(F)=C/C=C\C#CF. The van der Waals surface area contributed by atoms with Gasteiger partial charge in [-0.25, -0.2) is 8.78 Å². The van der Waals surface area contributed by atoms with Crippen LogP contribution >= 0.6 is 0 Å². The van der Waals surface area contributed by atoms with Crippen molar-refractivity contribution in [2.45, 2.75) is 0 Å². The van der Waals surface area contributed by atoms with Crippen LogP contribution in [0.3, 0.4) is 0 Å². The maximum atomic E-state index is 12.8. The third-order valence-electron chi connectivity index (χ3n) is 1.18. The summed E-state index contributed by atoms with van der Waals surface area (Å²) < 4.78 is 48.1.